The van der Waals surface area contributed by atoms with Crippen LogP contribution < -0.4 is 10.6 Å². The van der Waals surface area contributed by atoms with Crippen molar-refractivity contribution in [3.8, 4) is 0 Å². The van der Waals surface area contributed by atoms with Crippen LogP contribution in [0.5, 0.6) is 0 Å². The first-order valence-electron chi connectivity index (χ1n) is 8.78. The summed E-state index contributed by atoms with van der Waals surface area (Å²) in [7, 11) is -8.21. The average molecular weight is 535 g/mol. The molecule has 0 spiro atoms. The summed E-state index contributed by atoms with van der Waals surface area (Å²) in [6.07, 6.45) is 0.786. The maximum Gasteiger partial charge on any atom is 0.472 e. The molecule has 1 aromatic rings. The number of benzene rings is 1. The Bertz CT molecular complexity index is 1040. The van der Waals surface area contributed by atoms with Crippen molar-refractivity contribution in [3.05, 3.63) is 37.9 Å². The minimum atomic E-state index is -4.41. The van der Waals surface area contributed by atoms with Crippen molar-refractivity contribution < 1.29 is 45.7 Å². The predicted molar refractivity (Wildman–Crippen MR) is 114 cm³/mol. The summed E-state index contributed by atoms with van der Waals surface area (Å²) in [5.74, 6) is -1.09. The van der Waals surface area contributed by atoms with Gasteiger partial charge in [-0.2, -0.15) is 8.42 Å². The van der Waals surface area contributed by atoms with Gasteiger partial charge in [-0.1, -0.05) is 0 Å². The van der Waals surface area contributed by atoms with Gasteiger partial charge in [0.2, 0.25) is 0 Å². The van der Waals surface area contributed by atoms with Crippen LogP contribution in [0.15, 0.2) is 12.1 Å². The van der Waals surface area contributed by atoms with Crippen LogP contribution in [0.3, 0.4) is 0 Å². The standard InChI is InChI=1S/C14H20ClN4O12PS/c1-33(27,28)31-7-4-16-13-11(8-10(18(21)22)9-12(13)19(23)24)14(20)17-3-6-30-32(25,26)29-5-2-15/h8-9,16H,2-7H2,1H3,(H,17,20)(H,25,26). The highest BCUT2D eigenvalue weighted by molar-refractivity contribution is 7.85. The fourth-order valence-corrected chi connectivity index (χ4v) is 3.49. The van der Waals surface area contributed by atoms with E-state index in [0.717, 1.165) is 12.3 Å². The number of alkyl halides is 1. The van der Waals surface area contributed by atoms with Gasteiger partial charge in [0.05, 0.1) is 47.6 Å². The molecule has 1 atom stereocenters. The Morgan fingerprint density at radius 2 is 1.79 bits per heavy atom. The van der Waals surface area contributed by atoms with Crippen LogP contribution in [0.2, 0.25) is 0 Å². The number of rotatable bonds is 15. The van der Waals surface area contributed by atoms with E-state index >= 15 is 0 Å². The number of nitro groups is 2. The minimum Gasteiger partial charge on any atom is -0.376 e. The minimum absolute atomic E-state index is 0.0682. The summed E-state index contributed by atoms with van der Waals surface area (Å²) >= 11 is 5.32. The average Bonchev–Trinajstić information content (AvgIpc) is 2.71. The third-order valence-electron chi connectivity index (χ3n) is 3.43. The van der Waals surface area contributed by atoms with Gasteiger partial charge in [-0.25, -0.2) is 4.57 Å². The summed E-state index contributed by atoms with van der Waals surface area (Å²) in [6, 6.07) is 1.39. The number of anilines is 1. The molecule has 1 rings (SSSR count). The third-order valence-corrected chi connectivity index (χ3v) is 5.20. The van der Waals surface area contributed by atoms with Gasteiger partial charge in [-0.3, -0.25) is 38.3 Å². The SMILES string of the molecule is CS(=O)(=O)OCCNc1c(C(=O)NCCOP(=O)(O)OCCCl)cc([N+](=O)[O-])cc1[N+](=O)[O-]. The number of carbonyl (C=O) groups excluding carboxylic acids is 1. The zero-order valence-electron chi connectivity index (χ0n) is 17.0. The molecule has 16 nitrogen and oxygen atoms in total. The number of phosphoric acid groups is 1. The Kier molecular flexibility index (Phi) is 11.1. The number of carbonyl (C=O) groups is 1. The first kappa shape index (κ1) is 28.6. The number of halogens is 1. The second kappa shape index (κ2) is 12.7. The Balaban J connectivity index is 3.04. The number of amides is 1. The van der Waals surface area contributed by atoms with Crippen LogP contribution in [0.25, 0.3) is 0 Å². The maximum absolute atomic E-state index is 12.5. The fourth-order valence-electron chi connectivity index (χ4n) is 2.20. The summed E-state index contributed by atoms with van der Waals surface area (Å²) in [5.41, 5.74) is -2.52. The molecule has 0 fully saturated rings. The monoisotopic (exact) mass is 534 g/mol. The number of nitro benzene ring substituents is 2. The first-order valence-corrected chi connectivity index (χ1v) is 12.6. The highest BCUT2D eigenvalue weighted by Crippen LogP contribution is 2.42. The zero-order chi connectivity index (χ0) is 25.2. The predicted octanol–water partition coefficient (Wildman–Crippen LogP) is 0.993. The van der Waals surface area contributed by atoms with Crippen LogP contribution >= 0.6 is 19.4 Å². The van der Waals surface area contributed by atoms with E-state index in [1.165, 1.54) is 0 Å². The van der Waals surface area contributed by atoms with E-state index in [9.17, 15) is 42.9 Å². The molecule has 19 heteroatoms. The van der Waals surface area contributed by atoms with E-state index in [4.69, 9.17) is 11.6 Å². The molecule has 33 heavy (non-hydrogen) atoms. The Morgan fingerprint density at radius 3 is 2.33 bits per heavy atom. The lowest BCUT2D eigenvalue weighted by Crippen LogP contribution is -2.28. The number of nitrogens with zero attached hydrogens (tertiary/aromatic N) is 2. The molecule has 1 aromatic carbocycles. The fraction of sp³-hybridized carbons (Fsp3) is 0.500. The second-order valence-corrected chi connectivity index (χ2v) is 9.41. The van der Waals surface area contributed by atoms with Gasteiger partial charge >= 0.3 is 7.82 Å². The van der Waals surface area contributed by atoms with E-state index < -0.39 is 69.5 Å². The van der Waals surface area contributed by atoms with Gasteiger partial charge < -0.3 is 15.5 Å². The largest absolute Gasteiger partial charge is 0.472 e. The van der Waals surface area contributed by atoms with Gasteiger partial charge in [0.1, 0.15) is 5.69 Å². The van der Waals surface area contributed by atoms with Crippen LogP contribution in [-0.4, -0.2) is 74.1 Å². The van der Waals surface area contributed by atoms with Gasteiger partial charge in [0, 0.05) is 25.0 Å². The lowest BCUT2D eigenvalue weighted by Gasteiger charge is -2.14. The van der Waals surface area contributed by atoms with Gasteiger partial charge in [-0.05, 0) is 0 Å². The molecule has 0 bridgehead atoms. The number of nitrogens with one attached hydrogen (secondary N) is 2. The third kappa shape index (κ3) is 10.4. The molecule has 0 aliphatic heterocycles. The van der Waals surface area contributed by atoms with Crippen molar-refractivity contribution in [1.82, 2.24) is 5.32 Å². The van der Waals surface area contributed by atoms with Crippen LogP contribution in [0.1, 0.15) is 10.4 Å². The first-order chi connectivity index (χ1) is 15.3. The smallest absolute Gasteiger partial charge is 0.376 e. The normalized spacial score (nSPS) is 13.2. The Labute approximate surface area is 192 Å². The summed E-state index contributed by atoms with van der Waals surface area (Å²) in [6.45, 7) is -1.90. The van der Waals surface area contributed by atoms with Gasteiger partial charge in [0.15, 0.2) is 0 Å². The van der Waals surface area contributed by atoms with E-state index in [1.54, 1.807) is 0 Å². The number of hydrogen-bond donors (Lipinski definition) is 3. The van der Waals surface area contributed by atoms with Gasteiger partial charge in [0.25, 0.3) is 27.4 Å². The maximum atomic E-state index is 12.5. The highest BCUT2D eigenvalue weighted by atomic mass is 35.5. The van der Waals surface area contributed by atoms with Crippen molar-refractivity contribution in [2.24, 2.45) is 0 Å². The van der Waals surface area contributed by atoms with Crippen molar-refractivity contribution in [1.29, 1.82) is 0 Å². The molecule has 0 heterocycles. The molecule has 0 saturated heterocycles. The number of hydrogen-bond acceptors (Lipinski definition) is 12. The zero-order valence-corrected chi connectivity index (χ0v) is 19.4. The topological polar surface area (TPSA) is 227 Å². The molecule has 0 radical (unpaired) electrons. The molecular formula is C14H20ClN4O12PS. The van der Waals surface area contributed by atoms with Crippen LogP contribution in [0.4, 0.5) is 17.1 Å². The van der Waals surface area contributed by atoms with Crippen molar-refractivity contribution in [2.45, 2.75) is 0 Å². The number of phosphoric ester groups is 1. The molecular weight excluding hydrogens is 515 g/mol. The lowest BCUT2D eigenvalue weighted by molar-refractivity contribution is -0.393. The molecule has 1 amide bonds. The summed E-state index contributed by atoms with van der Waals surface area (Å²) in [4.78, 5) is 42.5. The van der Waals surface area contributed by atoms with E-state index in [-0.39, 0.29) is 25.6 Å². The molecule has 3 N–H and O–H groups in total. The molecule has 186 valence electrons. The molecule has 1 unspecified atom stereocenters. The Hall–Kier alpha value is -2.40. The molecule has 0 aromatic heterocycles. The molecule has 0 aliphatic rings. The van der Waals surface area contributed by atoms with E-state index in [0.29, 0.717) is 6.07 Å². The van der Waals surface area contributed by atoms with Crippen molar-refractivity contribution in [3.63, 3.8) is 0 Å². The summed E-state index contributed by atoms with van der Waals surface area (Å²) in [5, 5.41) is 27.2. The van der Waals surface area contributed by atoms with Crippen molar-refractivity contribution >= 4 is 52.5 Å². The summed E-state index contributed by atoms with van der Waals surface area (Å²) < 4.78 is 47.1. The van der Waals surface area contributed by atoms with Crippen molar-refractivity contribution in [2.75, 3.05) is 50.4 Å². The Morgan fingerprint density at radius 1 is 1.15 bits per heavy atom. The van der Waals surface area contributed by atoms with Crippen LogP contribution in [0, 0.1) is 20.2 Å². The van der Waals surface area contributed by atoms with Gasteiger partial charge in [-0.15, -0.1) is 11.6 Å². The van der Waals surface area contributed by atoms with E-state index in [2.05, 4.69) is 23.9 Å². The number of non-ortho nitro benzene ring substituents is 1. The molecule has 0 saturated carbocycles. The molecule has 0 aliphatic carbocycles. The van der Waals surface area contributed by atoms with Crippen LogP contribution in [-0.2, 0) is 27.9 Å². The lowest BCUT2D eigenvalue weighted by atomic mass is 10.1. The highest BCUT2D eigenvalue weighted by Gasteiger charge is 2.28. The van der Waals surface area contributed by atoms with E-state index in [1.807, 2.05) is 0 Å². The second-order valence-electron chi connectivity index (χ2n) is 5.93. The quantitative estimate of drug-likeness (QED) is 0.0712.